The smallest absolute Gasteiger partial charge is 0.196 e. The Labute approximate surface area is 135 Å². The summed E-state index contributed by atoms with van der Waals surface area (Å²) in [4.78, 5) is 12.9. The van der Waals surface area contributed by atoms with Gasteiger partial charge < -0.3 is 5.11 Å². The number of Topliss-reactive ketones (excluding diaryl/α,β-unsaturated/α-hetero) is 1. The maximum atomic E-state index is 12.9. The number of hydrogen-bond donors (Lipinski definition) is 1. The van der Waals surface area contributed by atoms with E-state index in [2.05, 4.69) is 0 Å². The summed E-state index contributed by atoms with van der Waals surface area (Å²) in [7, 11) is 0. The summed E-state index contributed by atoms with van der Waals surface area (Å²) in [5.41, 5.74) is 0.390. The van der Waals surface area contributed by atoms with Crippen molar-refractivity contribution in [2.75, 3.05) is 0 Å². The molecule has 0 aliphatic heterocycles. The molecular formula is C19H19ClO2. The first-order valence-electron chi connectivity index (χ1n) is 7.42. The number of ketones is 1. The summed E-state index contributed by atoms with van der Waals surface area (Å²) in [6.07, 6.45) is 0.304. The van der Waals surface area contributed by atoms with E-state index in [4.69, 9.17) is 11.6 Å². The van der Waals surface area contributed by atoms with Gasteiger partial charge in [0.25, 0.3) is 0 Å². The number of hydrogen-bond acceptors (Lipinski definition) is 2. The molecule has 114 valence electrons. The van der Waals surface area contributed by atoms with Crippen molar-refractivity contribution >= 4 is 17.4 Å². The fraction of sp³-hybridized carbons (Fsp3) is 0.316. The van der Waals surface area contributed by atoms with Crippen LogP contribution in [0.15, 0.2) is 54.6 Å². The van der Waals surface area contributed by atoms with Gasteiger partial charge in [0, 0.05) is 5.56 Å². The van der Waals surface area contributed by atoms with E-state index in [1.807, 2.05) is 62.4 Å². The van der Waals surface area contributed by atoms with Crippen LogP contribution in [0.2, 0.25) is 0 Å². The molecule has 1 aliphatic carbocycles. The van der Waals surface area contributed by atoms with Gasteiger partial charge in [0.2, 0.25) is 0 Å². The summed E-state index contributed by atoms with van der Waals surface area (Å²) in [5, 5.41) is 10.4. The molecule has 2 nitrogen and oxygen atoms in total. The maximum absolute atomic E-state index is 12.9. The van der Waals surface area contributed by atoms with Gasteiger partial charge >= 0.3 is 0 Å². The first kappa shape index (κ1) is 15.3. The number of alkyl halides is 1. The molecule has 0 heterocycles. The van der Waals surface area contributed by atoms with Gasteiger partial charge in [-0.2, -0.15) is 0 Å². The molecule has 0 aromatic heterocycles. The van der Waals surface area contributed by atoms with E-state index in [1.54, 1.807) is 6.07 Å². The topological polar surface area (TPSA) is 37.3 Å². The second-order valence-corrected chi connectivity index (χ2v) is 7.07. The number of benzene rings is 2. The van der Waals surface area contributed by atoms with Gasteiger partial charge in [0.15, 0.2) is 5.78 Å². The summed E-state index contributed by atoms with van der Waals surface area (Å²) in [5.74, 6) is -0.286. The van der Waals surface area contributed by atoms with Crippen LogP contribution in [0.1, 0.15) is 47.1 Å². The lowest BCUT2D eigenvalue weighted by molar-refractivity contribution is 0.00907. The molecule has 2 atom stereocenters. The van der Waals surface area contributed by atoms with Crippen molar-refractivity contribution in [1.82, 2.24) is 0 Å². The van der Waals surface area contributed by atoms with Crippen molar-refractivity contribution in [2.45, 2.75) is 36.7 Å². The molecule has 0 saturated carbocycles. The number of carbonyl (C=O) groups excluding carboxylic acids is 1. The van der Waals surface area contributed by atoms with Gasteiger partial charge in [-0.05, 0) is 23.0 Å². The first-order chi connectivity index (χ1) is 10.4. The number of aliphatic hydroxyl groups is 1. The maximum Gasteiger partial charge on any atom is 0.196 e. The van der Waals surface area contributed by atoms with Crippen LogP contribution in [-0.4, -0.2) is 16.5 Å². The van der Waals surface area contributed by atoms with Crippen LogP contribution in [-0.2, 0) is 5.41 Å². The van der Waals surface area contributed by atoms with Crippen molar-refractivity contribution in [2.24, 2.45) is 0 Å². The average Bonchev–Trinajstić information content (AvgIpc) is 2.52. The SMILES string of the molecule is CC1(C)C[C@@](O)([C@H](Cl)c2ccccc2)C(=O)c2ccccc21. The molecular weight excluding hydrogens is 296 g/mol. The van der Waals surface area contributed by atoms with Crippen molar-refractivity contribution in [1.29, 1.82) is 0 Å². The Balaban J connectivity index is 2.11. The van der Waals surface area contributed by atoms with Crippen LogP contribution in [0.3, 0.4) is 0 Å². The van der Waals surface area contributed by atoms with Gasteiger partial charge in [-0.25, -0.2) is 0 Å². The van der Waals surface area contributed by atoms with Crippen molar-refractivity contribution in [3.05, 3.63) is 71.3 Å². The van der Waals surface area contributed by atoms with Crippen molar-refractivity contribution in [3.63, 3.8) is 0 Å². The third kappa shape index (κ3) is 2.27. The van der Waals surface area contributed by atoms with Crippen LogP contribution < -0.4 is 0 Å². The summed E-state index contributed by atoms with van der Waals surface area (Å²) in [6.45, 7) is 4.08. The summed E-state index contributed by atoms with van der Waals surface area (Å²) in [6, 6.07) is 16.8. The number of fused-ring (bicyclic) bond motifs is 1. The second-order valence-electron chi connectivity index (χ2n) is 6.63. The van der Waals surface area contributed by atoms with Crippen molar-refractivity contribution < 1.29 is 9.90 Å². The molecule has 1 aliphatic rings. The first-order valence-corrected chi connectivity index (χ1v) is 7.85. The molecule has 0 saturated heterocycles. The Morgan fingerprint density at radius 3 is 2.32 bits per heavy atom. The van der Waals surface area contributed by atoms with Crippen LogP contribution in [0.25, 0.3) is 0 Å². The average molecular weight is 315 g/mol. The zero-order valence-electron chi connectivity index (χ0n) is 12.7. The van der Waals surface area contributed by atoms with E-state index in [-0.39, 0.29) is 11.2 Å². The normalized spacial score (nSPS) is 24.6. The third-order valence-corrected chi connectivity index (χ3v) is 5.13. The van der Waals surface area contributed by atoms with E-state index >= 15 is 0 Å². The van der Waals surface area contributed by atoms with E-state index in [1.165, 1.54) is 0 Å². The lowest BCUT2D eigenvalue weighted by atomic mass is 9.64. The van der Waals surface area contributed by atoms with E-state index in [9.17, 15) is 9.90 Å². The Morgan fingerprint density at radius 2 is 1.64 bits per heavy atom. The highest BCUT2D eigenvalue weighted by molar-refractivity contribution is 6.25. The van der Waals surface area contributed by atoms with Gasteiger partial charge in [-0.15, -0.1) is 11.6 Å². The standard InChI is InChI=1S/C19H19ClO2/c1-18(2)12-19(22,16(20)13-8-4-3-5-9-13)17(21)14-10-6-7-11-15(14)18/h3-11,16,22H,12H2,1-2H3/t16-,19-/m1/s1. The molecule has 0 amide bonds. The zero-order chi connectivity index (χ0) is 16.0. The molecule has 3 heteroatoms. The summed E-state index contributed by atoms with van der Waals surface area (Å²) < 4.78 is 0. The van der Waals surface area contributed by atoms with Gasteiger partial charge in [0.1, 0.15) is 5.60 Å². The molecule has 0 spiro atoms. The molecule has 22 heavy (non-hydrogen) atoms. The predicted octanol–water partition coefficient (Wildman–Crippen LogP) is 4.26. The largest absolute Gasteiger partial charge is 0.380 e. The summed E-state index contributed by atoms with van der Waals surface area (Å²) >= 11 is 6.54. The molecule has 2 aromatic rings. The molecule has 0 radical (unpaired) electrons. The fourth-order valence-electron chi connectivity index (χ4n) is 3.46. The fourth-order valence-corrected chi connectivity index (χ4v) is 3.78. The number of halogens is 1. The van der Waals surface area contributed by atoms with Gasteiger partial charge in [0.05, 0.1) is 5.38 Å². The van der Waals surface area contributed by atoms with Gasteiger partial charge in [-0.1, -0.05) is 68.4 Å². The lowest BCUT2D eigenvalue weighted by Crippen LogP contribution is -2.51. The Kier molecular flexibility index (Phi) is 3.62. The molecule has 0 fully saturated rings. The predicted molar refractivity (Wildman–Crippen MR) is 88.4 cm³/mol. The highest BCUT2D eigenvalue weighted by atomic mass is 35.5. The minimum absolute atomic E-state index is 0.286. The third-order valence-electron chi connectivity index (χ3n) is 4.52. The van der Waals surface area contributed by atoms with E-state index in [0.29, 0.717) is 12.0 Å². The van der Waals surface area contributed by atoms with E-state index < -0.39 is 11.0 Å². The quantitative estimate of drug-likeness (QED) is 0.841. The molecule has 0 bridgehead atoms. The monoisotopic (exact) mass is 314 g/mol. The zero-order valence-corrected chi connectivity index (χ0v) is 13.5. The van der Waals surface area contributed by atoms with Crippen LogP contribution >= 0.6 is 11.6 Å². The lowest BCUT2D eigenvalue weighted by Gasteiger charge is -2.43. The molecule has 3 rings (SSSR count). The minimum atomic E-state index is -1.60. The molecule has 2 aromatic carbocycles. The van der Waals surface area contributed by atoms with Crippen LogP contribution in [0.5, 0.6) is 0 Å². The van der Waals surface area contributed by atoms with Crippen LogP contribution in [0.4, 0.5) is 0 Å². The van der Waals surface area contributed by atoms with Gasteiger partial charge in [-0.3, -0.25) is 4.79 Å². The highest BCUT2D eigenvalue weighted by Gasteiger charge is 2.52. The highest BCUT2D eigenvalue weighted by Crippen LogP contribution is 2.48. The van der Waals surface area contributed by atoms with Crippen LogP contribution in [0, 0.1) is 0 Å². The number of carbonyl (C=O) groups is 1. The Bertz CT molecular complexity index is 708. The van der Waals surface area contributed by atoms with Crippen molar-refractivity contribution in [3.8, 4) is 0 Å². The number of rotatable bonds is 2. The molecule has 1 N–H and O–H groups in total. The minimum Gasteiger partial charge on any atom is -0.380 e. The Morgan fingerprint density at radius 1 is 1.05 bits per heavy atom. The second kappa shape index (κ2) is 5.22. The Hall–Kier alpha value is -1.64. The molecule has 0 unspecified atom stereocenters. The van der Waals surface area contributed by atoms with E-state index in [0.717, 1.165) is 11.1 Å².